The van der Waals surface area contributed by atoms with Crippen LogP contribution in [0.15, 0.2) is 24.4 Å². The Kier molecular flexibility index (Phi) is 1.28. The third kappa shape index (κ3) is 0.753. The number of nitrogens with zero attached hydrogens (tertiary/aromatic N) is 1. The van der Waals surface area contributed by atoms with Crippen molar-refractivity contribution < 1.29 is 0 Å². The predicted molar refractivity (Wildman–Crippen MR) is 47.4 cm³/mol. The van der Waals surface area contributed by atoms with Crippen molar-refractivity contribution in [2.45, 2.75) is 0 Å². The third-order valence-electron chi connectivity index (χ3n) is 1.87. The van der Waals surface area contributed by atoms with E-state index in [1.54, 1.807) is 12.3 Å². The summed E-state index contributed by atoms with van der Waals surface area (Å²) in [6, 6.07) is 7.57. The molecule has 2 rings (SSSR count). The summed E-state index contributed by atoms with van der Waals surface area (Å²) in [5, 5.41) is 9.65. The number of fused-ring (bicyclic) bond motifs is 1. The molecule has 3 nitrogen and oxygen atoms in total. The van der Waals surface area contributed by atoms with Gasteiger partial charge in [-0.2, -0.15) is 5.26 Å². The second-order valence-electron chi connectivity index (χ2n) is 2.58. The lowest BCUT2D eigenvalue weighted by molar-refractivity contribution is 1.44. The molecule has 0 unspecified atom stereocenters. The van der Waals surface area contributed by atoms with E-state index in [1.807, 2.05) is 12.1 Å². The molecule has 1 aromatic carbocycles. The Bertz CT molecular complexity index is 462. The summed E-state index contributed by atoms with van der Waals surface area (Å²) < 4.78 is 0. The number of aromatic nitrogens is 1. The molecule has 0 spiro atoms. The molecule has 0 amide bonds. The average molecular weight is 157 g/mol. The monoisotopic (exact) mass is 157 g/mol. The van der Waals surface area contributed by atoms with Crippen LogP contribution in [0.2, 0.25) is 0 Å². The van der Waals surface area contributed by atoms with Gasteiger partial charge in [-0.1, -0.05) is 12.1 Å². The van der Waals surface area contributed by atoms with Crippen LogP contribution >= 0.6 is 0 Å². The van der Waals surface area contributed by atoms with Crippen molar-refractivity contribution in [3.8, 4) is 6.07 Å². The van der Waals surface area contributed by atoms with Gasteiger partial charge in [0.05, 0.1) is 16.8 Å². The third-order valence-corrected chi connectivity index (χ3v) is 1.87. The van der Waals surface area contributed by atoms with Crippen LogP contribution < -0.4 is 5.73 Å². The van der Waals surface area contributed by atoms with Crippen molar-refractivity contribution in [3.05, 3.63) is 30.0 Å². The minimum atomic E-state index is 0.629. The molecule has 0 aliphatic carbocycles. The van der Waals surface area contributed by atoms with Gasteiger partial charge in [0.2, 0.25) is 0 Å². The number of nitrogens with two attached hydrogens (primary N) is 1. The molecule has 0 radical (unpaired) electrons. The van der Waals surface area contributed by atoms with Gasteiger partial charge in [0.15, 0.2) is 0 Å². The number of para-hydroxylation sites is 1. The lowest BCUT2D eigenvalue weighted by atomic mass is 10.1. The number of rotatable bonds is 0. The zero-order valence-electron chi connectivity index (χ0n) is 6.33. The van der Waals surface area contributed by atoms with Gasteiger partial charge in [0, 0.05) is 11.6 Å². The van der Waals surface area contributed by atoms with Gasteiger partial charge in [-0.3, -0.25) is 0 Å². The number of aromatic amines is 1. The van der Waals surface area contributed by atoms with Crippen LogP contribution in [0, 0.1) is 11.3 Å². The second kappa shape index (κ2) is 2.28. The maximum atomic E-state index is 8.73. The van der Waals surface area contributed by atoms with Crippen molar-refractivity contribution in [2.24, 2.45) is 0 Å². The minimum Gasteiger partial charge on any atom is -0.397 e. The number of nitriles is 1. The quantitative estimate of drug-likeness (QED) is 0.610. The van der Waals surface area contributed by atoms with Crippen molar-refractivity contribution in [1.29, 1.82) is 5.26 Å². The molecule has 1 heterocycles. The second-order valence-corrected chi connectivity index (χ2v) is 2.58. The highest BCUT2D eigenvalue weighted by Gasteiger charge is 2.02. The summed E-state index contributed by atoms with van der Waals surface area (Å²) in [6.07, 6.45) is 1.70. The largest absolute Gasteiger partial charge is 0.397 e. The van der Waals surface area contributed by atoms with Gasteiger partial charge < -0.3 is 10.7 Å². The van der Waals surface area contributed by atoms with E-state index in [2.05, 4.69) is 11.1 Å². The Morgan fingerprint density at radius 2 is 2.25 bits per heavy atom. The molecule has 0 aliphatic heterocycles. The number of hydrogen-bond donors (Lipinski definition) is 2. The Labute approximate surface area is 69.4 Å². The molecule has 0 fully saturated rings. The van der Waals surface area contributed by atoms with Gasteiger partial charge in [-0.25, -0.2) is 0 Å². The Morgan fingerprint density at radius 3 is 3.00 bits per heavy atom. The minimum absolute atomic E-state index is 0.629. The molecule has 0 saturated carbocycles. The lowest BCUT2D eigenvalue weighted by Crippen LogP contribution is -1.80. The standard InChI is InChI=1S/C9H7N3/c10-4-6-2-1-3-7-8(11)5-12-9(6)7/h1-3,5,12H,11H2. The van der Waals surface area contributed by atoms with E-state index in [0.29, 0.717) is 11.3 Å². The maximum absolute atomic E-state index is 8.73. The van der Waals surface area contributed by atoms with E-state index in [0.717, 1.165) is 10.9 Å². The number of nitrogens with one attached hydrogen (secondary N) is 1. The number of anilines is 1. The number of nitrogen functional groups attached to an aromatic ring is 1. The Morgan fingerprint density at radius 1 is 1.42 bits per heavy atom. The molecule has 0 saturated heterocycles. The molecule has 1 aromatic heterocycles. The highest BCUT2D eigenvalue weighted by atomic mass is 14.7. The highest BCUT2D eigenvalue weighted by molar-refractivity contribution is 5.94. The van der Waals surface area contributed by atoms with Crippen LogP contribution in [0.5, 0.6) is 0 Å². The summed E-state index contributed by atoms with van der Waals surface area (Å²) >= 11 is 0. The van der Waals surface area contributed by atoms with Crippen LogP contribution in [-0.2, 0) is 0 Å². The fourth-order valence-corrected chi connectivity index (χ4v) is 1.27. The SMILES string of the molecule is N#Cc1cccc2c(N)c[nH]c12. The van der Waals surface area contributed by atoms with Crippen LogP contribution in [0.4, 0.5) is 5.69 Å². The van der Waals surface area contributed by atoms with Gasteiger partial charge in [0.25, 0.3) is 0 Å². The summed E-state index contributed by atoms with van der Waals surface area (Å²) in [4.78, 5) is 2.96. The predicted octanol–water partition coefficient (Wildman–Crippen LogP) is 1.62. The molecule has 12 heavy (non-hydrogen) atoms. The Balaban J connectivity index is 2.92. The molecule has 0 aliphatic rings. The molecular formula is C9H7N3. The van der Waals surface area contributed by atoms with Crippen molar-refractivity contribution >= 4 is 16.6 Å². The highest BCUT2D eigenvalue weighted by Crippen LogP contribution is 2.22. The first-order chi connectivity index (χ1) is 5.83. The number of hydrogen-bond acceptors (Lipinski definition) is 2. The summed E-state index contributed by atoms with van der Waals surface area (Å²) in [7, 11) is 0. The van der Waals surface area contributed by atoms with Crippen molar-refractivity contribution in [3.63, 3.8) is 0 Å². The van der Waals surface area contributed by atoms with Gasteiger partial charge in [-0.05, 0) is 6.07 Å². The zero-order valence-corrected chi connectivity index (χ0v) is 6.33. The van der Waals surface area contributed by atoms with E-state index in [4.69, 9.17) is 11.0 Å². The van der Waals surface area contributed by atoms with Crippen LogP contribution in [0.1, 0.15) is 5.56 Å². The van der Waals surface area contributed by atoms with Gasteiger partial charge >= 0.3 is 0 Å². The van der Waals surface area contributed by atoms with E-state index < -0.39 is 0 Å². The maximum Gasteiger partial charge on any atom is 0.101 e. The van der Waals surface area contributed by atoms with Gasteiger partial charge in [-0.15, -0.1) is 0 Å². The first kappa shape index (κ1) is 6.74. The van der Waals surface area contributed by atoms with Crippen molar-refractivity contribution in [2.75, 3.05) is 5.73 Å². The molecule has 3 heteroatoms. The van der Waals surface area contributed by atoms with E-state index >= 15 is 0 Å². The first-order valence-electron chi connectivity index (χ1n) is 3.58. The van der Waals surface area contributed by atoms with E-state index in [9.17, 15) is 0 Å². The lowest BCUT2D eigenvalue weighted by Gasteiger charge is -1.92. The number of benzene rings is 1. The molecule has 0 atom stereocenters. The van der Waals surface area contributed by atoms with E-state index in [1.165, 1.54) is 0 Å². The van der Waals surface area contributed by atoms with Crippen LogP contribution in [0.25, 0.3) is 10.9 Å². The number of H-pyrrole nitrogens is 1. The zero-order chi connectivity index (χ0) is 8.55. The fraction of sp³-hybridized carbons (Fsp3) is 0. The fourth-order valence-electron chi connectivity index (χ4n) is 1.27. The van der Waals surface area contributed by atoms with Gasteiger partial charge in [0.1, 0.15) is 6.07 Å². The average Bonchev–Trinajstić information content (AvgIpc) is 2.48. The van der Waals surface area contributed by atoms with Crippen LogP contribution in [-0.4, -0.2) is 4.98 Å². The summed E-state index contributed by atoms with van der Waals surface area (Å²) in [5.41, 5.74) is 7.79. The molecule has 0 bridgehead atoms. The van der Waals surface area contributed by atoms with Crippen LogP contribution in [0.3, 0.4) is 0 Å². The first-order valence-corrected chi connectivity index (χ1v) is 3.58. The molecule has 2 aromatic rings. The molecule has 3 N–H and O–H groups in total. The topological polar surface area (TPSA) is 65.6 Å². The van der Waals surface area contributed by atoms with Crippen molar-refractivity contribution in [1.82, 2.24) is 4.98 Å². The smallest absolute Gasteiger partial charge is 0.101 e. The molecular weight excluding hydrogens is 150 g/mol. The molecule has 58 valence electrons. The summed E-state index contributed by atoms with van der Waals surface area (Å²) in [5.74, 6) is 0. The van der Waals surface area contributed by atoms with E-state index in [-0.39, 0.29) is 0 Å². The normalized spacial score (nSPS) is 9.92. The summed E-state index contributed by atoms with van der Waals surface area (Å²) in [6.45, 7) is 0. The Hall–Kier alpha value is -1.95.